The molecule has 2 N–H and O–H groups in total. The number of carbonyl (C=O) groups is 2. The van der Waals surface area contributed by atoms with E-state index in [0.29, 0.717) is 6.54 Å². The van der Waals surface area contributed by atoms with E-state index in [2.05, 4.69) is 25.4 Å². The molecule has 0 saturated heterocycles. The van der Waals surface area contributed by atoms with Gasteiger partial charge in [-0.3, -0.25) is 9.59 Å². The zero-order chi connectivity index (χ0) is 17.9. The molecule has 8 heteroatoms. The van der Waals surface area contributed by atoms with E-state index in [1.54, 1.807) is 0 Å². The maximum Gasteiger partial charge on any atom is 0.238 e. The van der Waals surface area contributed by atoms with Crippen molar-refractivity contribution < 1.29 is 9.59 Å². The summed E-state index contributed by atoms with van der Waals surface area (Å²) < 4.78 is 2.12. The third-order valence-corrected chi connectivity index (χ3v) is 5.98. The number of thioether (sulfide) groups is 1. The number of amides is 2. The fourth-order valence-electron chi connectivity index (χ4n) is 3.32. The molecule has 1 aromatic heterocycles. The first kappa shape index (κ1) is 17.1. The molecule has 0 saturated carbocycles. The van der Waals surface area contributed by atoms with Gasteiger partial charge >= 0.3 is 0 Å². The molecule has 1 atom stereocenters. The highest BCUT2D eigenvalue weighted by atomic mass is 32.2. The normalized spacial score (nSPS) is 19.1. The zero-order valence-electron chi connectivity index (χ0n) is 14.4. The summed E-state index contributed by atoms with van der Waals surface area (Å²) in [6, 6.07) is 7.63. The van der Waals surface area contributed by atoms with Crippen LogP contribution in [0.3, 0.4) is 0 Å². The number of aromatic nitrogens is 3. The van der Waals surface area contributed by atoms with Gasteiger partial charge in [-0.15, -0.1) is 22.0 Å². The van der Waals surface area contributed by atoms with Crippen molar-refractivity contribution >= 4 is 29.3 Å². The standard InChI is InChI=1S/C18H21N5O2S/c24-17(10-14-18(25)20-12-6-3-4-7-13(12)26-14)19-11-16-22-21-15-8-2-1-5-9-23(15)16/h3-4,6-7,14H,1-2,5,8-11H2,(H,19,24)(H,20,25)/t14-/m1/s1. The van der Waals surface area contributed by atoms with Gasteiger partial charge in [0.05, 0.1) is 17.5 Å². The average molecular weight is 371 g/mol. The van der Waals surface area contributed by atoms with E-state index < -0.39 is 5.25 Å². The van der Waals surface area contributed by atoms with Crippen molar-refractivity contribution in [2.75, 3.05) is 5.32 Å². The van der Waals surface area contributed by atoms with Gasteiger partial charge in [-0.05, 0) is 25.0 Å². The Morgan fingerprint density at radius 1 is 1.27 bits per heavy atom. The van der Waals surface area contributed by atoms with Crippen molar-refractivity contribution in [1.82, 2.24) is 20.1 Å². The number of hydrogen-bond donors (Lipinski definition) is 2. The summed E-state index contributed by atoms with van der Waals surface area (Å²) in [5, 5.41) is 13.8. The Bertz CT molecular complexity index is 835. The Labute approximate surface area is 155 Å². The first-order valence-electron chi connectivity index (χ1n) is 8.95. The second kappa shape index (κ2) is 7.49. The van der Waals surface area contributed by atoms with Gasteiger partial charge in [0.1, 0.15) is 5.82 Å². The van der Waals surface area contributed by atoms with E-state index in [-0.39, 0.29) is 18.2 Å². The highest BCUT2D eigenvalue weighted by Crippen LogP contribution is 2.36. The molecule has 2 aromatic rings. The Hall–Kier alpha value is -2.35. The number of nitrogens with zero attached hydrogens (tertiary/aromatic N) is 3. The Morgan fingerprint density at radius 3 is 3.08 bits per heavy atom. The number of benzene rings is 1. The third-order valence-electron chi connectivity index (χ3n) is 4.71. The van der Waals surface area contributed by atoms with E-state index in [1.807, 2.05) is 24.3 Å². The molecule has 0 unspecified atom stereocenters. The first-order valence-corrected chi connectivity index (χ1v) is 9.83. The van der Waals surface area contributed by atoms with Crippen LogP contribution in [0.15, 0.2) is 29.2 Å². The van der Waals surface area contributed by atoms with Gasteiger partial charge in [0.25, 0.3) is 0 Å². The maximum atomic E-state index is 12.3. The van der Waals surface area contributed by atoms with Crippen molar-refractivity contribution in [1.29, 1.82) is 0 Å². The van der Waals surface area contributed by atoms with Crippen molar-refractivity contribution in [2.24, 2.45) is 0 Å². The van der Waals surface area contributed by atoms with E-state index in [9.17, 15) is 9.59 Å². The molecule has 0 bridgehead atoms. The van der Waals surface area contributed by atoms with E-state index in [0.717, 1.165) is 48.0 Å². The summed E-state index contributed by atoms with van der Waals surface area (Å²) in [5.74, 6) is 1.52. The van der Waals surface area contributed by atoms with Crippen LogP contribution in [0.4, 0.5) is 5.69 Å². The summed E-state index contributed by atoms with van der Waals surface area (Å²) in [4.78, 5) is 25.5. The molecule has 136 valence electrons. The molecule has 1 aromatic carbocycles. The van der Waals surface area contributed by atoms with Crippen LogP contribution in [0.2, 0.25) is 0 Å². The summed E-state index contributed by atoms with van der Waals surface area (Å²) in [5.41, 5.74) is 0.810. The average Bonchev–Trinajstić information content (AvgIpc) is 2.87. The highest BCUT2D eigenvalue weighted by molar-refractivity contribution is 8.01. The van der Waals surface area contributed by atoms with Crippen LogP contribution < -0.4 is 10.6 Å². The molecular formula is C18H21N5O2S. The molecule has 26 heavy (non-hydrogen) atoms. The minimum atomic E-state index is -0.416. The third kappa shape index (κ3) is 3.60. The lowest BCUT2D eigenvalue weighted by molar-refractivity contribution is -0.124. The molecule has 7 nitrogen and oxygen atoms in total. The Balaban J connectivity index is 1.35. The van der Waals surface area contributed by atoms with Crippen LogP contribution in [-0.2, 0) is 29.1 Å². The van der Waals surface area contributed by atoms with Crippen LogP contribution in [0.5, 0.6) is 0 Å². The molecule has 0 fully saturated rings. The summed E-state index contributed by atoms with van der Waals surface area (Å²) >= 11 is 1.44. The summed E-state index contributed by atoms with van der Waals surface area (Å²) in [7, 11) is 0. The zero-order valence-corrected chi connectivity index (χ0v) is 15.2. The highest BCUT2D eigenvalue weighted by Gasteiger charge is 2.28. The lowest BCUT2D eigenvalue weighted by atomic mass is 10.2. The molecule has 2 amide bonds. The fraction of sp³-hybridized carbons (Fsp3) is 0.444. The minimum Gasteiger partial charge on any atom is -0.349 e. The molecule has 4 rings (SSSR count). The lowest BCUT2D eigenvalue weighted by Gasteiger charge is -2.23. The van der Waals surface area contributed by atoms with E-state index in [1.165, 1.54) is 18.2 Å². The van der Waals surface area contributed by atoms with Crippen molar-refractivity contribution in [3.05, 3.63) is 35.9 Å². The van der Waals surface area contributed by atoms with E-state index >= 15 is 0 Å². The minimum absolute atomic E-state index is 0.125. The van der Waals surface area contributed by atoms with Crippen LogP contribution in [-0.4, -0.2) is 31.8 Å². The van der Waals surface area contributed by atoms with Crippen LogP contribution >= 0.6 is 11.8 Å². The topological polar surface area (TPSA) is 88.9 Å². The second-order valence-corrected chi connectivity index (χ2v) is 7.81. The molecular weight excluding hydrogens is 350 g/mol. The van der Waals surface area contributed by atoms with Gasteiger partial charge in [0.2, 0.25) is 11.8 Å². The maximum absolute atomic E-state index is 12.3. The number of aryl methyl sites for hydroxylation is 1. The molecule has 0 spiro atoms. The van der Waals surface area contributed by atoms with Gasteiger partial charge < -0.3 is 15.2 Å². The van der Waals surface area contributed by atoms with Crippen molar-refractivity contribution in [3.8, 4) is 0 Å². The monoisotopic (exact) mass is 371 g/mol. The van der Waals surface area contributed by atoms with Crippen molar-refractivity contribution in [2.45, 2.75) is 55.3 Å². The fourth-order valence-corrected chi connectivity index (χ4v) is 4.43. The predicted molar refractivity (Wildman–Crippen MR) is 98.8 cm³/mol. The quantitative estimate of drug-likeness (QED) is 0.859. The molecule has 2 aliphatic heterocycles. The molecule has 0 radical (unpaired) electrons. The largest absolute Gasteiger partial charge is 0.349 e. The smallest absolute Gasteiger partial charge is 0.238 e. The lowest BCUT2D eigenvalue weighted by Crippen LogP contribution is -2.35. The summed E-state index contributed by atoms with van der Waals surface area (Å²) in [6.45, 7) is 1.26. The number of fused-ring (bicyclic) bond motifs is 2. The number of nitrogens with one attached hydrogen (secondary N) is 2. The number of hydrogen-bond acceptors (Lipinski definition) is 5. The number of rotatable bonds is 4. The van der Waals surface area contributed by atoms with Crippen LogP contribution in [0.25, 0.3) is 0 Å². The van der Waals surface area contributed by atoms with Gasteiger partial charge in [0, 0.05) is 24.3 Å². The SMILES string of the molecule is O=C(C[C@H]1Sc2ccccc2NC1=O)NCc1nnc2n1CCCCC2. The predicted octanol–water partition coefficient (Wildman–Crippen LogP) is 2.12. The van der Waals surface area contributed by atoms with Crippen LogP contribution in [0, 0.1) is 0 Å². The van der Waals surface area contributed by atoms with Crippen molar-refractivity contribution in [3.63, 3.8) is 0 Å². The van der Waals surface area contributed by atoms with Gasteiger partial charge in [-0.2, -0.15) is 0 Å². The van der Waals surface area contributed by atoms with Gasteiger partial charge in [0.15, 0.2) is 5.82 Å². The Kier molecular flexibility index (Phi) is 4.92. The van der Waals surface area contributed by atoms with Crippen LogP contribution in [0.1, 0.15) is 37.3 Å². The summed E-state index contributed by atoms with van der Waals surface area (Å²) in [6.07, 6.45) is 4.54. The number of para-hydroxylation sites is 1. The number of anilines is 1. The van der Waals surface area contributed by atoms with Gasteiger partial charge in [-0.25, -0.2) is 0 Å². The number of carbonyl (C=O) groups excluding carboxylic acids is 2. The Morgan fingerprint density at radius 2 is 2.15 bits per heavy atom. The molecule has 2 aliphatic rings. The molecule has 0 aliphatic carbocycles. The van der Waals surface area contributed by atoms with Gasteiger partial charge in [-0.1, -0.05) is 18.6 Å². The second-order valence-electron chi connectivity index (χ2n) is 6.57. The van der Waals surface area contributed by atoms with E-state index in [4.69, 9.17) is 0 Å². The molecule has 3 heterocycles. The first-order chi connectivity index (χ1) is 12.7.